The highest BCUT2D eigenvalue weighted by Crippen LogP contribution is 2.33. The van der Waals surface area contributed by atoms with Crippen molar-refractivity contribution in [2.45, 2.75) is 63.9 Å². The maximum Gasteiger partial charge on any atom is 0.410 e. The van der Waals surface area contributed by atoms with Gasteiger partial charge in [0, 0.05) is 22.8 Å². The fraction of sp³-hybridized carbons (Fsp3) is 0.917. The Hall–Kier alpha value is -0.490. The fourth-order valence-corrected chi connectivity index (χ4v) is 3.69. The van der Waals surface area contributed by atoms with Crippen LogP contribution in [0.5, 0.6) is 0 Å². The number of carbonyl (C=O) groups is 1. The van der Waals surface area contributed by atoms with Crippen LogP contribution in [-0.4, -0.2) is 42.3 Å². The zero-order valence-corrected chi connectivity index (χ0v) is 13.6. The number of hydrogen-bond acceptors (Lipinski definition) is 4. The van der Waals surface area contributed by atoms with Crippen molar-refractivity contribution in [2.24, 2.45) is 0 Å². The third kappa shape index (κ3) is 4.53. The summed E-state index contributed by atoms with van der Waals surface area (Å²) >= 11 is 0. The first kappa shape index (κ1) is 16.6. The van der Waals surface area contributed by atoms with Gasteiger partial charge in [-0.3, -0.25) is 0 Å². The number of nitrogens with zero attached hydrogens (tertiary/aromatic N) is 1. The van der Waals surface area contributed by atoms with Crippen LogP contribution in [-0.2, 0) is 13.8 Å². The van der Waals surface area contributed by atoms with Crippen molar-refractivity contribution in [2.75, 3.05) is 6.54 Å². The summed E-state index contributed by atoms with van der Waals surface area (Å²) in [6, 6.07) is 0. The standard InChI is InChI=1S/C12H22ClNO4S/c1-11(2,3)18-10(15)14-7-6-9(19(13,16)17)8-12(14,4)5/h9H,6-8H2,1-5H3. The van der Waals surface area contributed by atoms with E-state index in [1.807, 2.05) is 13.8 Å². The van der Waals surface area contributed by atoms with Crippen molar-refractivity contribution in [1.82, 2.24) is 4.90 Å². The van der Waals surface area contributed by atoms with E-state index in [0.29, 0.717) is 19.4 Å². The summed E-state index contributed by atoms with van der Waals surface area (Å²) < 4.78 is 28.2. The normalized spacial score (nSPS) is 24.1. The Kier molecular flexibility index (Phi) is 4.47. The molecule has 1 fully saturated rings. The minimum atomic E-state index is -3.59. The Bertz CT molecular complexity index is 453. The highest BCUT2D eigenvalue weighted by Gasteiger charge is 2.43. The predicted octanol–water partition coefficient (Wildman–Crippen LogP) is 2.73. The molecule has 0 N–H and O–H groups in total. The van der Waals surface area contributed by atoms with Crippen LogP contribution in [0.4, 0.5) is 4.79 Å². The zero-order chi connectivity index (χ0) is 15.1. The topological polar surface area (TPSA) is 63.7 Å². The lowest BCUT2D eigenvalue weighted by Gasteiger charge is -2.44. The number of hydrogen-bond donors (Lipinski definition) is 0. The van der Waals surface area contributed by atoms with Gasteiger partial charge in [-0.05, 0) is 47.5 Å². The van der Waals surface area contributed by atoms with E-state index in [9.17, 15) is 13.2 Å². The van der Waals surface area contributed by atoms with E-state index in [4.69, 9.17) is 15.4 Å². The third-order valence-electron chi connectivity index (χ3n) is 3.14. The van der Waals surface area contributed by atoms with Gasteiger partial charge in [0.2, 0.25) is 9.05 Å². The van der Waals surface area contributed by atoms with Crippen molar-refractivity contribution < 1.29 is 17.9 Å². The number of halogens is 1. The van der Waals surface area contributed by atoms with Crippen LogP contribution in [0.15, 0.2) is 0 Å². The minimum absolute atomic E-state index is 0.318. The van der Waals surface area contributed by atoms with Gasteiger partial charge < -0.3 is 9.64 Å². The molecule has 1 aliphatic heterocycles. The summed E-state index contributed by atoms with van der Waals surface area (Å²) in [6.45, 7) is 9.38. The second kappa shape index (κ2) is 5.13. The Morgan fingerprint density at radius 1 is 1.37 bits per heavy atom. The molecule has 19 heavy (non-hydrogen) atoms. The van der Waals surface area contributed by atoms with Crippen molar-refractivity contribution in [3.05, 3.63) is 0 Å². The summed E-state index contributed by atoms with van der Waals surface area (Å²) in [5.74, 6) is 0. The summed E-state index contributed by atoms with van der Waals surface area (Å²) in [7, 11) is 1.82. The molecule has 112 valence electrons. The second-order valence-electron chi connectivity index (χ2n) is 6.53. The van der Waals surface area contributed by atoms with E-state index in [0.717, 1.165) is 0 Å². The molecule has 0 aromatic heterocycles. The summed E-state index contributed by atoms with van der Waals surface area (Å²) in [4.78, 5) is 13.7. The molecule has 1 heterocycles. The Morgan fingerprint density at radius 3 is 2.26 bits per heavy atom. The highest BCUT2D eigenvalue weighted by atomic mass is 35.7. The molecule has 0 radical (unpaired) electrons. The van der Waals surface area contributed by atoms with E-state index in [1.165, 1.54) is 0 Å². The summed E-state index contributed by atoms with van der Waals surface area (Å²) in [5.41, 5.74) is -1.16. The van der Waals surface area contributed by atoms with Gasteiger partial charge in [0.25, 0.3) is 0 Å². The molecule has 0 spiro atoms. The Labute approximate surface area is 119 Å². The molecule has 1 atom stereocenters. The molecule has 1 aliphatic rings. The summed E-state index contributed by atoms with van der Waals surface area (Å²) in [6.07, 6.45) is 0.245. The lowest BCUT2D eigenvalue weighted by molar-refractivity contribution is -0.00587. The first-order chi connectivity index (χ1) is 8.33. The van der Waals surface area contributed by atoms with Gasteiger partial charge in [0.05, 0.1) is 5.25 Å². The smallest absolute Gasteiger partial charge is 0.410 e. The lowest BCUT2D eigenvalue weighted by atomic mass is 9.90. The van der Waals surface area contributed by atoms with Crippen LogP contribution in [0.25, 0.3) is 0 Å². The monoisotopic (exact) mass is 311 g/mol. The van der Waals surface area contributed by atoms with Crippen LogP contribution in [0.1, 0.15) is 47.5 Å². The largest absolute Gasteiger partial charge is 0.444 e. The average Bonchev–Trinajstić information content (AvgIpc) is 2.10. The van der Waals surface area contributed by atoms with Crippen molar-refractivity contribution in [3.63, 3.8) is 0 Å². The maximum atomic E-state index is 12.1. The Morgan fingerprint density at radius 2 is 1.89 bits per heavy atom. The van der Waals surface area contributed by atoms with Crippen molar-refractivity contribution >= 4 is 25.8 Å². The number of carbonyl (C=O) groups excluding carboxylic acids is 1. The SMILES string of the molecule is CC(C)(C)OC(=O)N1CCC(S(=O)(=O)Cl)CC1(C)C. The molecular weight excluding hydrogens is 290 g/mol. The molecule has 0 aliphatic carbocycles. The first-order valence-electron chi connectivity index (χ1n) is 6.27. The van der Waals surface area contributed by atoms with Crippen LogP contribution >= 0.6 is 10.7 Å². The van der Waals surface area contributed by atoms with Gasteiger partial charge in [-0.2, -0.15) is 0 Å². The van der Waals surface area contributed by atoms with Crippen LogP contribution in [0, 0.1) is 0 Å². The first-order valence-corrected chi connectivity index (χ1v) is 8.64. The van der Waals surface area contributed by atoms with Crippen LogP contribution in [0.2, 0.25) is 0 Å². The predicted molar refractivity (Wildman–Crippen MR) is 74.8 cm³/mol. The molecular formula is C12H22ClNO4S. The molecule has 0 saturated carbocycles. The van der Waals surface area contributed by atoms with E-state index < -0.39 is 31.5 Å². The molecule has 1 amide bonds. The van der Waals surface area contributed by atoms with Crippen molar-refractivity contribution in [1.29, 1.82) is 0 Å². The summed E-state index contributed by atoms with van der Waals surface area (Å²) in [5, 5.41) is -0.608. The van der Waals surface area contributed by atoms with Gasteiger partial charge in [-0.15, -0.1) is 0 Å². The number of piperidine rings is 1. The number of ether oxygens (including phenoxy) is 1. The molecule has 0 aromatic rings. The third-order valence-corrected chi connectivity index (χ3v) is 5.10. The van der Waals surface area contributed by atoms with E-state index >= 15 is 0 Å². The maximum absolute atomic E-state index is 12.1. The Balaban J connectivity index is 2.83. The molecule has 0 aromatic carbocycles. The number of rotatable bonds is 1. The van der Waals surface area contributed by atoms with E-state index in [2.05, 4.69) is 0 Å². The second-order valence-corrected chi connectivity index (χ2v) is 9.44. The van der Waals surface area contributed by atoms with Gasteiger partial charge >= 0.3 is 6.09 Å². The number of likely N-dealkylation sites (tertiary alicyclic amines) is 1. The molecule has 7 heteroatoms. The molecule has 1 unspecified atom stereocenters. The molecule has 5 nitrogen and oxygen atoms in total. The lowest BCUT2D eigenvalue weighted by Crippen LogP contribution is -2.56. The van der Waals surface area contributed by atoms with E-state index in [1.54, 1.807) is 25.7 Å². The van der Waals surface area contributed by atoms with Crippen LogP contribution in [0.3, 0.4) is 0 Å². The quantitative estimate of drug-likeness (QED) is 0.698. The molecule has 1 saturated heterocycles. The fourth-order valence-electron chi connectivity index (χ4n) is 2.24. The van der Waals surface area contributed by atoms with E-state index in [-0.39, 0.29) is 0 Å². The van der Waals surface area contributed by atoms with Crippen LogP contribution < -0.4 is 0 Å². The van der Waals surface area contributed by atoms with Gasteiger partial charge in [-0.25, -0.2) is 13.2 Å². The van der Waals surface area contributed by atoms with Gasteiger partial charge in [-0.1, -0.05) is 0 Å². The highest BCUT2D eigenvalue weighted by molar-refractivity contribution is 8.14. The minimum Gasteiger partial charge on any atom is -0.444 e. The van der Waals surface area contributed by atoms with Gasteiger partial charge in [0.15, 0.2) is 0 Å². The van der Waals surface area contributed by atoms with Gasteiger partial charge in [0.1, 0.15) is 5.60 Å². The average molecular weight is 312 g/mol. The van der Waals surface area contributed by atoms with Crippen molar-refractivity contribution in [3.8, 4) is 0 Å². The molecule has 0 bridgehead atoms. The zero-order valence-electron chi connectivity index (χ0n) is 12.1. The molecule has 1 rings (SSSR count). The number of amides is 1.